The summed E-state index contributed by atoms with van der Waals surface area (Å²) >= 11 is 0. The Labute approximate surface area is 228 Å². The smallest absolute Gasteiger partial charge is 0.191 e. The third kappa shape index (κ3) is 13.8. The van der Waals surface area contributed by atoms with Crippen molar-refractivity contribution >= 4 is 34.8 Å². The molecule has 1 fully saturated rings. The molecular weight excluding hydrogens is 557 g/mol. The van der Waals surface area contributed by atoms with Crippen molar-refractivity contribution in [3.8, 4) is 0 Å². The Kier molecular flexibility index (Phi) is 29.6. The van der Waals surface area contributed by atoms with E-state index in [0.717, 1.165) is 0 Å². The van der Waals surface area contributed by atoms with Gasteiger partial charge >= 0.3 is 0 Å². The van der Waals surface area contributed by atoms with Crippen LogP contribution in [0.5, 0.6) is 0 Å². The molecule has 0 saturated carbocycles. The maximum absolute atomic E-state index is 10.4. The van der Waals surface area contributed by atoms with Gasteiger partial charge in [-0.3, -0.25) is 0 Å². The summed E-state index contributed by atoms with van der Waals surface area (Å²) in [5.41, 5.74) is 0.692. The van der Waals surface area contributed by atoms with E-state index in [4.69, 9.17) is 13.8 Å². The van der Waals surface area contributed by atoms with Crippen molar-refractivity contribution in [2.45, 2.75) is 58.4 Å². The quantitative estimate of drug-likeness (QED) is 0.319. The second kappa shape index (κ2) is 25.2. The van der Waals surface area contributed by atoms with Crippen molar-refractivity contribution in [2.75, 3.05) is 0 Å². The van der Waals surface area contributed by atoms with Crippen LogP contribution in [0, 0.1) is 13.5 Å². The van der Waals surface area contributed by atoms with E-state index in [0.29, 0.717) is 5.56 Å². The van der Waals surface area contributed by atoms with Crippen LogP contribution in [-0.4, -0.2) is 34.8 Å². The van der Waals surface area contributed by atoms with Crippen molar-refractivity contribution in [3.05, 3.63) is 79.7 Å². The van der Waals surface area contributed by atoms with E-state index in [1.807, 2.05) is 76.2 Å². The van der Waals surface area contributed by atoms with Crippen LogP contribution in [0.25, 0.3) is 0 Å². The Morgan fingerprint density at radius 2 is 1.44 bits per heavy atom. The van der Waals surface area contributed by atoms with Crippen molar-refractivity contribution in [3.63, 3.8) is 0 Å². The van der Waals surface area contributed by atoms with Gasteiger partial charge in [0.2, 0.25) is 0 Å². The van der Waals surface area contributed by atoms with Crippen LogP contribution < -0.4 is 0 Å². The normalized spacial score (nSPS) is 22.2. The van der Waals surface area contributed by atoms with Crippen molar-refractivity contribution in [2.24, 2.45) is 0 Å². The molecule has 5 nitrogen and oxygen atoms in total. The number of aliphatic hydroxyl groups excluding tert-OH is 2. The van der Waals surface area contributed by atoms with Crippen LogP contribution in [0.2, 0.25) is 0 Å². The Morgan fingerprint density at radius 1 is 0.938 bits per heavy atom. The van der Waals surface area contributed by atoms with Gasteiger partial charge in [0, 0.05) is 49.7 Å². The summed E-state index contributed by atoms with van der Waals surface area (Å²) in [6, 6.07) is 21.6. The molecule has 1 aliphatic rings. The fourth-order valence-electron chi connectivity index (χ4n) is 2.47. The van der Waals surface area contributed by atoms with Gasteiger partial charge in [0.25, 0.3) is 0 Å². The number of benzene rings is 2. The van der Waals surface area contributed by atoms with Gasteiger partial charge in [-0.15, -0.1) is 0 Å². The number of ether oxygens (including phenoxy) is 1. The van der Waals surface area contributed by atoms with Crippen molar-refractivity contribution in [1.82, 2.24) is 0 Å². The van der Waals surface area contributed by atoms with Gasteiger partial charge < -0.3 is 31.4 Å². The molecule has 181 valence electrons. The van der Waals surface area contributed by atoms with Crippen molar-refractivity contribution < 1.29 is 56.7 Å². The molecule has 10 heteroatoms. The first kappa shape index (κ1) is 37.6. The van der Waals surface area contributed by atoms with E-state index in [-0.39, 0.29) is 57.1 Å². The summed E-state index contributed by atoms with van der Waals surface area (Å²) in [6.07, 6.45) is -3.90. The maximum Gasteiger partial charge on any atom is 0.191 e. The van der Waals surface area contributed by atoms with E-state index in [1.165, 1.54) is 0 Å². The van der Waals surface area contributed by atoms with E-state index < -0.39 is 30.7 Å². The van der Waals surface area contributed by atoms with E-state index in [9.17, 15) is 10.2 Å². The summed E-state index contributed by atoms with van der Waals surface area (Å²) in [5.74, 6) is 0. The predicted octanol–water partition coefficient (Wildman–Crippen LogP) is 5.96. The molecule has 1 heterocycles. The second-order valence-corrected chi connectivity index (χ2v) is 7.69. The number of rotatable bonds is 6. The average Bonchev–Trinajstić information content (AvgIpc) is 3.14. The van der Waals surface area contributed by atoms with E-state index in [2.05, 4.69) is 23.9 Å². The Bertz CT molecular complexity index is 589. The minimum Gasteiger partial charge on any atom is -0.387 e. The largest absolute Gasteiger partial charge is 0.387 e. The minimum atomic E-state index is -0.940. The zero-order valence-electron chi connectivity index (χ0n) is 19.5. The zero-order chi connectivity index (χ0) is 22.8. The summed E-state index contributed by atoms with van der Waals surface area (Å²) in [7, 11) is 5.17. The summed E-state index contributed by atoms with van der Waals surface area (Å²) in [4.78, 5) is 0. The van der Waals surface area contributed by atoms with Gasteiger partial charge in [-0.2, -0.15) is 36.4 Å². The Hall–Kier alpha value is 1.06. The summed E-state index contributed by atoms with van der Waals surface area (Å²) in [5, 5.41) is 20.7. The van der Waals surface area contributed by atoms with Gasteiger partial charge in [0.1, 0.15) is 24.4 Å². The van der Waals surface area contributed by atoms with Crippen LogP contribution in [0.15, 0.2) is 60.7 Å². The fourth-order valence-corrected chi connectivity index (χ4v) is 4.07. The second-order valence-electron chi connectivity index (χ2n) is 5.33. The maximum atomic E-state index is 10.4. The number of hydrogen-bond acceptors (Lipinski definition) is 5. The predicted molar refractivity (Wildman–Crippen MR) is 142 cm³/mol. The molecule has 0 bridgehead atoms. The van der Waals surface area contributed by atoms with Crippen LogP contribution in [-0.2, 0) is 46.5 Å². The van der Waals surface area contributed by atoms with Gasteiger partial charge in [-0.05, 0) is 5.56 Å². The minimum absolute atomic E-state index is 0. The van der Waals surface area contributed by atoms with Crippen LogP contribution in [0.3, 0.4) is 0 Å². The molecule has 0 spiro atoms. The molecule has 1 radical (unpaired) electrons. The molecule has 2 aromatic rings. The Morgan fingerprint density at radius 3 is 1.84 bits per heavy atom. The molecule has 2 aromatic carbocycles. The van der Waals surface area contributed by atoms with Gasteiger partial charge in [-0.25, -0.2) is 0 Å². The molecule has 0 amide bonds. The molecule has 1 aliphatic heterocycles. The topological polar surface area (TPSA) is 68.2 Å². The Balaban J connectivity index is -0.000000594. The fraction of sp³-hybridized carbons (Fsp3) is 0.409. The third-order valence-corrected chi connectivity index (χ3v) is 5.27. The van der Waals surface area contributed by atoms with E-state index in [1.54, 1.807) is 12.1 Å². The average molecular weight is 595 g/mol. The molecule has 32 heavy (non-hydrogen) atoms. The SMILES string of the molecule is CC.CC.O[C@@H]1[C@H]([C@@H](O)c2ccccc2)OC(OPP)[C@H]1OPP.[CH3-].[Y].[c-]1ccccc1. The molecule has 2 N–H and O–H groups in total. The number of aliphatic hydroxyl groups is 2. The number of hydrogen-bond donors (Lipinski definition) is 2. The first-order valence-electron chi connectivity index (χ1n) is 9.89. The molecule has 5 unspecified atom stereocenters. The molecule has 1 saturated heterocycles. The van der Waals surface area contributed by atoms with Crippen LogP contribution >= 0.6 is 34.8 Å². The monoisotopic (exact) mass is 595 g/mol. The summed E-state index contributed by atoms with van der Waals surface area (Å²) < 4.78 is 16.5. The van der Waals surface area contributed by atoms with Gasteiger partial charge in [-0.1, -0.05) is 75.9 Å². The molecular formula is C22H38O5P4Y-2. The first-order chi connectivity index (χ1) is 14.7. The van der Waals surface area contributed by atoms with E-state index >= 15 is 0 Å². The zero-order valence-corrected chi connectivity index (χ0v) is 26.7. The first-order valence-corrected chi connectivity index (χ1v) is 15.3. The summed E-state index contributed by atoms with van der Waals surface area (Å²) in [6.45, 7) is 8.00. The van der Waals surface area contributed by atoms with Crippen LogP contribution in [0.4, 0.5) is 0 Å². The van der Waals surface area contributed by atoms with Gasteiger partial charge in [0.15, 0.2) is 6.29 Å². The third-order valence-electron chi connectivity index (χ3n) is 3.68. The molecule has 0 aromatic heterocycles. The van der Waals surface area contributed by atoms with Crippen molar-refractivity contribution in [1.29, 1.82) is 0 Å². The molecule has 9 atom stereocenters. The van der Waals surface area contributed by atoms with Crippen LogP contribution in [0.1, 0.15) is 39.4 Å². The molecule has 0 aliphatic carbocycles. The van der Waals surface area contributed by atoms with Gasteiger partial charge in [0.05, 0.1) is 0 Å². The molecule has 3 rings (SSSR count). The standard InChI is InChI=1S/C11H18O5P4.C6H5.2C2H6.CH3.Y/c12-7(6-4-2-1-3-5-6)9-8(13)10(15-19-17)11(14-9)16-20-18;1-2-4-6-5-3-1;2*1-2;;/h1-5,7-13,19-20H,17-18H2;1-5H;2*1-2H3;1H3;/q;-1;;;-1;/t7-,8+,9-,10-,11?;;;;;/m0...../s1.